The molecule has 1 aliphatic heterocycles. The Kier molecular flexibility index (Phi) is 2.71. The van der Waals surface area contributed by atoms with Crippen molar-refractivity contribution in [2.24, 2.45) is 0 Å². The zero-order valence-electron chi connectivity index (χ0n) is 11.6. The molecule has 0 spiro atoms. The molecule has 1 aliphatic carbocycles. The first-order chi connectivity index (χ1) is 9.74. The highest BCUT2D eigenvalue weighted by Gasteiger charge is 2.32. The molecule has 4 rings (SSSR count). The molecule has 0 N–H and O–H groups in total. The van der Waals surface area contributed by atoms with Crippen LogP contribution in [0.2, 0.25) is 0 Å². The van der Waals surface area contributed by atoms with E-state index in [1.807, 2.05) is 11.0 Å². The van der Waals surface area contributed by atoms with Crippen molar-refractivity contribution in [2.45, 2.75) is 38.6 Å². The molecule has 0 bridgehead atoms. The molecule has 1 aromatic heterocycles. The van der Waals surface area contributed by atoms with Gasteiger partial charge in [-0.3, -0.25) is 4.79 Å². The summed E-state index contributed by atoms with van der Waals surface area (Å²) in [6.07, 6.45) is 4.51. The smallest absolute Gasteiger partial charge is 0.268 e. The van der Waals surface area contributed by atoms with Crippen molar-refractivity contribution in [2.75, 3.05) is 4.90 Å². The third-order valence-electron chi connectivity index (χ3n) is 4.38. The highest BCUT2D eigenvalue weighted by molar-refractivity contribution is 7.14. The maximum atomic E-state index is 12.9. The first-order valence-corrected chi connectivity index (χ1v) is 8.09. The Hall–Kier alpha value is -1.61. The molecule has 2 heterocycles. The molecule has 2 aromatic rings. The third kappa shape index (κ3) is 1.73. The summed E-state index contributed by atoms with van der Waals surface area (Å²) < 4.78 is 0. The minimum Gasteiger partial charge on any atom is -0.304 e. The van der Waals surface area contributed by atoms with Crippen LogP contribution in [0.3, 0.4) is 0 Å². The molecule has 20 heavy (non-hydrogen) atoms. The van der Waals surface area contributed by atoms with E-state index in [2.05, 4.69) is 31.2 Å². The molecule has 0 saturated heterocycles. The summed E-state index contributed by atoms with van der Waals surface area (Å²) in [6, 6.07) is 10.7. The molecule has 1 atom stereocenters. The fraction of sp³-hybridized carbons (Fsp3) is 0.353. The van der Waals surface area contributed by atoms with Gasteiger partial charge in [0.15, 0.2) is 0 Å². The Labute approximate surface area is 123 Å². The van der Waals surface area contributed by atoms with Crippen LogP contribution in [0, 0.1) is 0 Å². The number of carbonyl (C=O) groups excluding carboxylic acids is 1. The van der Waals surface area contributed by atoms with Gasteiger partial charge in [-0.2, -0.15) is 0 Å². The summed E-state index contributed by atoms with van der Waals surface area (Å²) >= 11 is 1.70. The number of hydrogen-bond acceptors (Lipinski definition) is 2. The monoisotopic (exact) mass is 283 g/mol. The molecule has 2 aliphatic rings. The van der Waals surface area contributed by atoms with E-state index in [0.29, 0.717) is 0 Å². The number of thiophene rings is 1. The zero-order chi connectivity index (χ0) is 13.7. The van der Waals surface area contributed by atoms with E-state index >= 15 is 0 Å². The molecule has 1 aromatic carbocycles. The van der Waals surface area contributed by atoms with Gasteiger partial charge in [-0.25, -0.2) is 0 Å². The quantitative estimate of drug-likeness (QED) is 0.779. The summed E-state index contributed by atoms with van der Waals surface area (Å²) in [5.74, 6) is 0.182. The number of aryl methyl sites for hydroxylation is 2. The molecule has 2 nitrogen and oxygen atoms in total. The van der Waals surface area contributed by atoms with Crippen molar-refractivity contribution in [1.29, 1.82) is 0 Å². The Morgan fingerprint density at radius 1 is 1.25 bits per heavy atom. The minimum atomic E-state index is 0.182. The highest BCUT2D eigenvalue weighted by atomic mass is 32.1. The first kappa shape index (κ1) is 12.2. The van der Waals surface area contributed by atoms with Crippen molar-refractivity contribution in [3.8, 4) is 0 Å². The lowest BCUT2D eigenvalue weighted by Gasteiger charge is -2.22. The number of anilines is 1. The van der Waals surface area contributed by atoms with Gasteiger partial charge < -0.3 is 4.90 Å². The van der Waals surface area contributed by atoms with Crippen molar-refractivity contribution in [3.05, 3.63) is 51.2 Å². The van der Waals surface area contributed by atoms with E-state index < -0.39 is 0 Å². The fourth-order valence-corrected chi connectivity index (χ4v) is 4.62. The molecule has 0 unspecified atom stereocenters. The lowest BCUT2D eigenvalue weighted by Crippen LogP contribution is -2.35. The van der Waals surface area contributed by atoms with Gasteiger partial charge in [0.25, 0.3) is 5.91 Å². The largest absolute Gasteiger partial charge is 0.304 e. The van der Waals surface area contributed by atoms with Gasteiger partial charge in [-0.05, 0) is 55.9 Å². The molecule has 102 valence electrons. The van der Waals surface area contributed by atoms with E-state index in [0.717, 1.165) is 29.8 Å². The molecule has 0 fully saturated rings. The summed E-state index contributed by atoms with van der Waals surface area (Å²) in [5, 5.41) is 0. The maximum absolute atomic E-state index is 12.9. The SMILES string of the molecule is C[C@H]1Cc2ccccc2N1C(=O)c1cc2c(s1)CCC2. The van der Waals surface area contributed by atoms with Gasteiger partial charge >= 0.3 is 0 Å². The van der Waals surface area contributed by atoms with Crippen LogP contribution in [0.25, 0.3) is 0 Å². The average Bonchev–Trinajstić information content (AvgIpc) is 3.08. The van der Waals surface area contributed by atoms with Crippen LogP contribution in [0.15, 0.2) is 30.3 Å². The maximum Gasteiger partial charge on any atom is 0.268 e. The number of hydrogen-bond donors (Lipinski definition) is 0. The second-order valence-electron chi connectivity index (χ2n) is 5.77. The van der Waals surface area contributed by atoms with Gasteiger partial charge in [0.2, 0.25) is 0 Å². The van der Waals surface area contributed by atoms with Gasteiger partial charge in [0.1, 0.15) is 0 Å². The van der Waals surface area contributed by atoms with E-state index in [9.17, 15) is 4.79 Å². The molecular formula is C17H17NOS. The average molecular weight is 283 g/mol. The molecule has 1 amide bonds. The summed E-state index contributed by atoms with van der Waals surface area (Å²) in [6.45, 7) is 2.14. The molecule has 3 heteroatoms. The second kappa shape index (κ2) is 4.45. The molecule has 0 radical (unpaired) electrons. The van der Waals surface area contributed by atoms with Crippen molar-refractivity contribution in [1.82, 2.24) is 0 Å². The topological polar surface area (TPSA) is 20.3 Å². The van der Waals surface area contributed by atoms with E-state index in [-0.39, 0.29) is 11.9 Å². The first-order valence-electron chi connectivity index (χ1n) is 7.27. The summed E-state index contributed by atoms with van der Waals surface area (Å²) in [4.78, 5) is 17.2. The highest BCUT2D eigenvalue weighted by Crippen LogP contribution is 2.36. The number of nitrogens with zero attached hydrogens (tertiary/aromatic N) is 1. The summed E-state index contributed by atoms with van der Waals surface area (Å²) in [5.41, 5.74) is 3.79. The van der Waals surface area contributed by atoms with Crippen molar-refractivity contribution in [3.63, 3.8) is 0 Å². The second-order valence-corrected chi connectivity index (χ2v) is 6.91. The number of fused-ring (bicyclic) bond motifs is 2. The van der Waals surface area contributed by atoms with Gasteiger partial charge in [-0.1, -0.05) is 18.2 Å². The number of benzene rings is 1. The lowest BCUT2D eigenvalue weighted by molar-refractivity contribution is 0.0985. The van der Waals surface area contributed by atoms with Crippen LogP contribution >= 0.6 is 11.3 Å². The van der Waals surface area contributed by atoms with Gasteiger partial charge in [0, 0.05) is 16.6 Å². The van der Waals surface area contributed by atoms with Crippen LogP contribution in [-0.4, -0.2) is 11.9 Å². The Balaban J connectivity index is 1.71. The lowest BCUT2D eigenvalue weighted by atomic mass is 10.1. The van der Waals surface area contributed by atoms with Crippen LogP contribution in [0.5, 0.6) is 0 Å². The van der Waals surface area contributed by atoms with E-state index in [4.69, 9.17) is 0 Å². The third-order valence-corrected chi connectivity index (χ3v) is 5.61. The van der Waals surface area contributed by atoms with Crippen molar-refractivity contribution >= 4 is 22.9 Å². The normalized spacial score (nSPS) is 20.1. The Bertz CT molecular complexity index is 667. The number of para-hydroxylation sites is 1. The Morgan fingerprint density at radius 3 is 2.95 bits per heavy atom. The number of rotatable bonds is 1. The molecule has 0 saturated carbocycles. The van der Waals surface area contributed by atoms with Crippen LogP contribution < -0.4 is 4.90 Å². The predicted molar refractivity (Wildman–Crippen MR) is 82.8 cm³/mol. The molecular weight excluding hydrogens is 266 g/mol. The van der Waals surface area contributed by atoms with Crippen molar-refractivity contribution < 1.29 is 4.79 Å². The number of carbonyl (C=O) groups is 1. The number of amides is 1. The standard InChI is InChI=1S/C17H17NOS/c1-11-9-12-5-2-3-7-14(12)18(11)17(19)16-10-13-6-4-8-15(13)20-16/h2-3,5,7,10-11H,4,6,8-9H2,1H3/t11-/m0/s1. The Morgan fingerprint density at radius 2 is 2.10 bits per heavy atom. The summed E-state index contributed by atoms with van der Waals surface area (Å²) in [7, 11) is 0. The van der Waals surface area contributed by atoms with Gasteiger partial charge in [-0.15, -0.1) is 11.3 Å². The fourth-order valence-electron chi connectivity index (χ4n) is 3.43. The van der Waals surface area contributed by atoms with E-state index in [1.54, 1.807) is 11.3 Å². The van der Waals surface area contributed by atoms with Crippen LogP contribution in [0.4, 0.5) is 5.69 Å². The van der Waals surface area contributed by atoms with Crippen LogP contribution in [0.1, 0.15) is 39.0 Å². The van der Waals surface area contributed by atoms with Crippen LogP contribution in [-0.2, 0) is 19.3 Å². The van der Waals surface area contributed by atoms with E-state index in [1.165, 1.54) is 22.4 Å². The predicted octanol–water partition coefficient (Wildman–Crippen LogP) is 3.83. The minimum absolute atomic E-state index is 0.182. The van der Waals surface area contributed by atoms with Gasteiger partial charge in [0.05, 0.1) is 4.88 Å². The zero-order valence-corrected chi connectivity index (χ0v) is 12.4.